The van der Waals surface area contributed by atoms with Gasteiger partial charge in [-0.05, 0) is 64.2 Å². The largest absolute Gasteiger partial charge is 0.462 e. The van der Waals surface area contributed by atoms with Crippen molar-refractivity contribution >= 4 is 11.9 Å². The van der Waals surface area contributed by atoms with Crippen molar-refractivity contribution in [2.24, 2.45) is 0 Å². The van der Waals surface area contributed by atoms with Gasteiger partial charge in [0.2, 0.25) is 5.91 Å². The third-order valence-corrected chi connectivity index (χ3v) is 11.9. The predicted molar refractivity (Wildman–Crippen MR) is 264 cm³/mol. The summed E-state index contributed by atoms with van der Waals surface area (Å²) in [6, 6.07) is -0.710. The van der Waals surface area contributed by atoms with Crippen LogP contribution in [-0.4, -0.2) is 46.9 Å². The lowest BCUT2D eigenvalue weighted by atomic mass is 10.0. The van der Waals surface area contributed by atoms with E-state index >= 15 is 0 Å². The molecule has 0 aromatic rings. The second-order valence-corrected chi connectivity index (χ2v) is 17.9. The topological polar surface area (TPSA) is 95.9 Å². The lowest BCUT2D eigenvalue weighted by Gasteiger charge is -2.24. The Morgan fingerprint density at radius 3 is 1.26 bits per heavy atom. The van der Waals surface area contributed by atoms with Crippen LogP contribution in [0.2, 0.25) is 0 Å². The van der Waals surface area contributed by atoms with Crippen LogP contribution in [-0.2, 0) is 14.3 Å². The summed E-state index contributed by atoms with van der Waals surface area (Å²) in [5, 5.41) is 23.8. The minimum Gasteiger partial charge on any atom is -0.462 e. The summed E-state index contributed by atoms with van der Waals surface area (Å²) in [7, 11) is 0. The quantitative estimate of drug-likeness (QED) is 0.0322. The van der Waals surface area contributed by atoms with Crippen molar-refractivity contribution in [3.63, 3.8) is 0 Å². The average Bonchev–Trinajstić information content (AvgIpc) is 3.25. The van der Waals surface area contributed by atoms with Crippen LogP contribution in [0, 0.1) is 0 Å². The molecule has 1 amide bonds. The monoisotopic (exact) mass is 856 g/mol. The molecule has 0 aromatic heterocycles. The third-order valence-electron chi connectivity index (χ3n) is 11.9. The highest BCUT2D eigenvalue weighted by atomic mass is 16.5. The predicted octanol–water partition coefficient (Wildman–Crippen LogP) is 15.8. The molecule has 6 nitrogen and oxygen atoms in total. The SMILES string of the molecule is CCCCC/C=C\C/C=C\C/C=C\C/C=C\CCCC(=O)OC(CCCCCCCCCCCCCCC)CC(=O)NC(CO)C(O)CCCCCCCCCCCCCC. The first-order chi connectivity index (χ1) is 30.0. The number of carbonyl (C=O) groups excluding carboxylic acids is 2. The van der Waals surface area contributed by atoms with Gasteiger partial charge in [-0.1, -0.05) is 236 Å². The van der Waals surface area contributed by atoms with E-state index in [0.717, 1.165) is 64.2 Å². The molecule has 0 heterocycles. The number of rotatable bonds is 47. The van der Waals surface area contributed by atoms with Crippen molar-refractivity contribution in [1.29, 1.82) is 0 Å². The number of ether oxygens (including phenoxy) is 1. The molecule has 0 bridgehead atoms. The highest BCUT2D eigenvalue weighted by Crippen LogP contribution is 2.18. The minimum absolute atomic E-state index is 0.0585. The number of hydrogen-bond donors (Lipinski definition) is 3. The van der Waals surface area contributed by atoms with Gasteiger partial charge in [-0.3, -0.25) is 9.59 Å². The standard InChI is InChI=1S/C55H101NO5/c1-4-7-10-13-16-19-22-25-26-27-28-30-33-36-39-42-45-48-55(60)61-51(46-43-40-37-34-31-29-23-20-17-14-11-8-5-2)49-54(59)56-52(50-57)53(58)47-44-41-38-35-32-24-21-18-15-12-9-6-3/h16,19,25-26,28,30,36,39,51-53,57-58H,4-15,17-18,20-24,27,29,31-35,37-38,40-50H2,1-3H3,(H,56,59)/b19-16-,26-25-,30-28-,39-36-. The van der Waals surface area contributed by atoms with Gasteiger partial charge in [0.1, 0.15) is 6.10 Å². The molecule has 6 heteroatoms. The molecule has 0 saturated carbocycles. The van der Waals surface area contributed by atoms with Crippen LogP contribution in [0.3, 0.4) is 0 Å². The normalized spacial score (nSPS) is 13.6. The van der Waals surface area contributed by atoms with E-state index in [1.165, 1.54) is 148 Å². The van der Waals surface area contributed by atoms with Crippen LogP contribution in [0.5, 0.6) is 0 Å². The van der Waals surface area contributed by atoms with Gasteiger partial charge in [0.05, 0.1) is 25.2 Å². The molecule has 0 radical (unpaired) electrons. The zero-order valence-corrected chi connectivity index (χ0v) is 40.5. The molecule has 356 valence electrons. The summed E-state index contributed by atoms with van der Waals surface area (Å²) in [5.41, 5.74) is 0. The Balaban J connectivity index is 4.64. The maximum Gasteiger partial charge on any atom is 0.306 e. The summed E-state index contributed by atoms with van der Waals surface area (Å²) in [6.07, 6.45) is 58.8. The Bertz CT molecular complexity index is 1050. The van der Waals surface area contributed by atoms with Crippen LogP contribution in [0.1, 0.15) is 265 Å². The smallest absolute Gasteiger partial charge is 0.306 e. The first-order valence-corrected chi connectivity index (χ1v) is 26.4. The fourth-order valence-electron chi connectivity index (χ4n) is 7.89. The number of unbranched alkanes of at least 4 members (excludes halogenated alkanes) is 27. The molecule has 0 aromatic carbocycles. The molecule has 61 heavy (non-hydrogen) atoms. The Morgan fingerprint density at radius 2 is 0.836 bits per heavy atom. The number of esters is 1. The maximum atomic E-state index is 13.2. The number of allylic oxidation sites excluding steroid dienone is 8. The fourth-order valence-corrected chi connectivity index (χ4v) is 7.89. The van der Waals surface area contributed by atoms with Crippen molar-refractivity contribution in [3.8, 4) is 0 Å². The van der Waals surface area contributed by atoms with Gasteiger partial charge in [-0.25, -0.2) is 0 Å². The lowest BCUT2D eigenvalue weighted by Crippen LogP contribution is -2.46. The van der Waals surface area contributed by atoms with Gasteiger partial charge in [-0.2, -0.15) is 0 Å². The first-order valence-electron chi connectivity index (χ1n) is 26.4. The number of nitrogens with one attached hydrogen (secondary N) is 1. The van der Waals surface area contributed by atoms with E-state index in [9.17, 15) is 19.8 Å². The highest BCUT2D eigenvalue weighted by molar-refractivity contribution is 5.77. The number of aliphatic hydroxyl groups is 2. The molecule has 0 aliphatic heterocycles. The number of carbonyl (C=O) groups is 2. The molecule has 0 saturated heterocycles. The number of hydrogen-bond acceptors (Lipinski definition) is 5. The lowest BCUT2D eigenvalue weighted by molar-refractivity contribution is -0.151. The average molecular weight is 856 g/mol. The Labute approximate surface area is 378 Å². The second kappa shape index (κ2) is 48.8. The van der Waals surface area contributed by atoms with Crippen molar-refractivity contribution in [2.75, 3.05) is 6.61 Å². The summed E-state index contributed by atoms with van der Waals surface area (Å²) in [5.74, 6) is -0.532. The summed E-state index contributed by atoms with van der Waals surface area (Å²) < 4.78 is 5.91. The minimum atomic E-state index is -0.795. The van der Waals surface area contributed by atoms with E-state index in [0.29, 0.717) is 25.7 Å². The number of amides is 1. The van der Waals surface area contributed by atoms with Crippen LogP contribution in [0.25, 0.3) is 0 Å². The second-order valence-electron chi connectivity index (χ2n) is 17.9. The van der Waals surface area contributed by atoms with Crippen molar-refractivity contribution < 1.29 is 24.5 Å². The molecule has 3 atom stereocenters. The van der Waals surface area contributed by atoms with Gasteiger partial charge in [-0.15, -0.1) is 0 Å². The zero-order chi connectivity index (χ0) is 44.5. The highest BCUT2D eigenvalue weighted by Gasteiger charge is 2.24. The zero-order valence-electron chi connectivity index (χ0n) is 40.5. The van der Waals surface area contributed by atoms with Crippen molar-refractivity contribution in [2.45, 2.75) is 283 Å². The molecule has 3 unspecified atom stereocenters. The van der Waals surface area contributed by atoms with Gasteiger partial charge >= 0.3 is 5.97 Å². The summed E-state index contributed by atoms with van der Waals surface area (Å²) in [4.78, 5) is 26.1. The fraction of sp³-hybridized carbons (Fsp3) is 0.818. The molecular weight excluding hydrogens is 755 g/mol. The van der Waals surface area contributed by atoms with Crippen LogP contribution in [0.4, 0.5) is 0 Å². The van der Waals surface area contributed by atoms with Crippen molar-refractivity contribution in [3.05, 3.63) is 48.6 Å². The Kier molecular flexibility index (Phi) is 47.1. The number of aliphatic hydroxyl groups excluding tert-OH is 2. The molecule has 0 rings (SSSR count). The van der Waals surface area contributed by atoms with E-state index in [1.807, 2.05) is 0 Å². The molecule has 0 aliphatic rings. The first kappa shape index (κ1) is 58.8. The van der Waals surface area contributed by atoms with Crippen molar-refractivity contribution in [1.82, 2.24) is 5.32 Å². The van der Waals surface area contributed by atoms with E-state index in [4.69, 9.17) is 4.74 Å². The third kappa shape index (κ3) is 44.2. The van der Waals surface area contributed by atoms with Crippen LogP contribution < -0.4 is 5.32 Å². The summed E-state index contributed by atoms with van der Waals surface area (Å²) >= 11 is 0. The van der Waals surface area contributed by atoms with E-state index in [1.54, 1.807) is 0 Å². The Hall–Kier alpha value is -2.18. The van der Waals surface area contributed by atoms with Gasteiger partial charge in [0, 0.05) is 6.42 Å². The van der Waals surface area contributed by atoms with Crippen LogP contribution in [0.15, 0.2) is 48.6 Å². The maximum absolute atomic E-state index is 13.2. The molecular formula is C55H101NO5. The molecule has 0 aliphatic carbocycles. The van der Waals surface area contributed by atoms with E-state index < -0.39 is 18.2 Å². The van der Waals surface area contributed by atoms with Crippen LogP contribution >= 0.6 is 0 Å². The van der Waals surface area contributed by atoms with Gasteiger partial charge in [0.25, 0.3) is 0 Å². The van der Waals surface area contributed by atoms with Gasteiger partial charge in [0.15, 0.2) is 0 Å². The van der Waals surface area contributed by atoms with E-state index in [2.05, 4.69) is 74.7 Å². The van der Waals surface area contributed by atoms with E-state index in [-0.39, 0.29) is 24.9 Å². The molecule has 0 fully saturated rings. The molecule has 0 spiro atoms. The summed E-state index contributed by atoms with van der Waals surface area (Å²) in [6.45, 7) is 6.45. The van der Waals surface area contributed by atoms with Gasteiger partial charge < -0.3 is 20.3 Å². The molecule has 3 N–H and O–H groups in total. The Morgan fingerprint density at radius 1 is 0.475 bits per heavy atom.